The van der Waals surface area contributed by atoms with Crippen molar-refractivity contribution in [1.29, 1.82) is 0 Å². The number of aromatic nitrogens is 1. The number of carbonyl (C=O) groups excluding carboxylic acids is 1. The summed E-state index contributed by atoms with van der Waals surface area (Å²) in [5.41, 5.74) is 2.08. The monoisotopic (exact) mass is 363 g/mol. The number of ether oxygens (including phenoxy) is 1. The molecule has 2 N–H and O–H groups in total. The third-order valence-electron chi connectivity index (χ3n) is 3.29. The fourth-order valence-corrected chi connectivity index (χ4v) is 2.81. The molecule has 2 aromatic rings. The Hall–Kier alpha value is -2.61. The molecule has 0 radical (unpaired) electrons. The Morgan fingerprint density at radius 3 is 2.72 bits per heavy atom. The summed E-state index contributed by atoms with van der Waals surface area (Å²) in [5, 5.41) is 2.77. The van der Waals surface area contributed by atoms with Crippen LogP contribution in [0.5, 0.6) is 5.88 Å². The minimum absolute atomic E-state index is 0.217. The third kappa shape index (κ3) is 5.46. The van der Waals surface area contributed by atoms with Crippen LogP contribution in [0.3, 0.4) is 0 Å². The quantitative estimate of drug-likeness (QED) is 0.785. The summed E-state index contributed by atoms with van der Waals surface area (Å²) in [7, 11) is -3.49. The van der Waals surface area contributed by atoms with E-state index in [1.165, 1.54) is 0 Å². The molecule has 25 heavy (non-hydrogen) atoms. The van der Waals surface area contributed by atoms with Crippen molar-refractivity contribution < 1.29 is 17.9 Å². The van der Waals surface area contributed by atoms with Crippen molar-refractivity contribution >= 4 is 21.6 Å². The highest BCUT2D eigenvalue weighted by molar-refractivity contribution is 7.92. The van der Waals surface area contributed by atoms with Crippen molar-refractivity contribution in [1.82, 2.24) is 10.3 Å². The lowest BCUT2D eigenvalue weighted by Gasteiger charge is -2.13. The molecule has 1 heterocycles. The predicted molar refractivity (Wildman–Crippen MR) is 96.2 cm³/mol. The summed E-state index contributed by atoms with van der Waals surface area (Å²) in [6, 6.07) is 8.51. The largest absolute Gasteiger partial charge is 0.478 e. The van der Waals surface area contributed by atoms with Gasteiger partial charge in [-0.25, -0.2) is 13.4 Å². The molecule has 0 atom stereocenters. The van der Waals surface area contributed by atoms with E-state index >= 15 is 0 Å². The van der Waals surface area contributed by atoms with Gasteiger partial charge in [-0.3, -0.25) is 9.52 Å². The van der Waals surface area contributed by atoms with Gasteiger partial charge in [0.05, 0.1) is 24.1 Å². The fraction of sp³-hybridized carbons (Fsp3) is 0.294. The summed E-state index contributed by atoms with van der Waals surface area (Å²) in [5.74, 6) is 0.0742. The van der Waals surface area contributed by atoms with Crippen LogP contribution in [-0.4, -0.2) is 32.2 Å². The van der Waals surface area contributed by atoms with Gasteiger partial charge < -0.3 is 10.1 Å². The smallest absolute Gasteiger partial charge is 0.253 e. The van der Waals surface area contributed by atoms with E-state index in [9.17, 15) is 13.2 Å². The number of amides is 1. The molecule has 0 saturated carbocycles. The highest BCUT2D eigenvalue weighted by Gasteiger charge is 2.15. The lowest BCUT2D eigenvalue weighted by Crippen LogP contribution is -2.25. The van der Waals surface area contributed by atoms with Gasteiger partial charge in [0, 0.05) is 18.3 Å². The molecule has 0 spiro atoms. The number of benzene rings is 1. The number of sulfonamides is 1. The molecule has 1 aromatic carbocycles. The number of aryl methyl sites for hydroxylation is 1. The molecule has 0 fully saturated rings. The van der Waals surface area contributed by atoms with Crippen molar-refractivity contribution in [3.05, 3.63) is 53.2 Å². The van der Waals surface area contributed by atoms with Crippen LogP contribution in [0.15, 0.2) is 36.5 Å². The molecule has 2 rings (SSSR count). The van der Waals surface area contributed by atoms with Crippen LogP contribution in [0.4, 0.5) is 5.69 Å². The van der Waals surface area contributed by atoms with Crippen molar-refractivity contribution in [2.24, 2.45) is 0 Å². The maximum absolute atomic E-state index is 12.5. The topological polar surface area (TPSA) is 97.4 Å². The van der Waals surface area contributed by atoms with Crippen molar-refractivity contribution in [2.45, 2.75) is 20.4 Å². The summed E-state index contributed by atoms with van der Waals surface area (Å²) in [6.45, 7) is 4.37. The zero-order chi connectivity index (χ0) is 18.4. The van der Waals surface area contributed by atoms with Crippen LogP contribution in [0.25, 0.3) is 0 Å². The number of hydrogen-bond donors (Lipinski definition) is 2. The highest BCUT2D eigenvalue weighted by Crippen LogP contribution is 2.19. The van der Waals surface area contributed by atoms with Gasteiger partial charge in [-0.05, 0) is 32.0 Å². The molecule has 0 aliphatic carbocycles. The molecular formula is C17H21N3O4S. The fourth-order valence-electron chi connectivity index (χ4n) is 2.23. The zero-order valence-corrected chi connectivity index (χ0v) is 15.2. The van der Waals surface area contributed by atoms with E-state index in [0.29, 0.717) is 12.5 Å². The van der Waals surface area contributed by atoms with Crippen LogP contribution in [0.2, 0.25) is 0 Å². The van der Waals surface area contributed by atoms with Gasteiger partial charge in [0.1, 0.15) is 0 Å². The number of rotatable bonds is 7. The summed E-state index contributed by atoms with van der Waals surface area (Å²) in [4.78, 5) is 16.7. The standard InChI is InChI=1S/C17H21N3O4S/c1-4-24-17-13(6-5-9-18-17)11-19-16(21)14-10-12(2)7-8-15(14)20-25(3,22)23/h5-10,20H,4,11H2,1-3H3,(H,19,21). The Morgan fingerprint density at radius 1 is 1.28 bits per heavy atom. The highest BCUT2D eigenvalue weighted by atomic mass is 32.2. The summed E-state index contributed by atoms with van der Waals surface area (Å²) < 4.78 is 30.8. The molecule has 1 aromatic heterocycles. The second kappa shape index (κ2) is 7.98. The van der Waals surface area contributed by atoms with Crippen LogP contribution >= 0.6 is 0 Å². The first-order valence-electron chi connectivity index (χ1n) is 7.73. The average molecular weight is 363 g/mol. The minimum Gasteiger partial charge on any atom is -0.478 e. The van der Waals surface area contributed by atoms with Gasteiger partial charge in [0.25, 0.3) is 5.91 Å². The van der Waals surface area contributed by atoms with Crippen LogP contribution < -0.4 is 14.8 Å². The normalized spacial score (nSPS) is 11.0. The van der Waals surface area contributed by atoms with Gasteiger partial charge in [-0.2, -0.15) is 0 Å². The molecule has 7 nitrogen and oxygen atoms in total. The average Bonchev–Trinajstić information content (AvgIpc) is 2.54. The summed E-state index contributed by atoms with van der Waals surface area (Å²) >= 11 is 0. The van der Waals surface area contributed by atoms with Crippen molar-refractivity contribution in [3.63, 3.8) is 0 Å². The number of nitrogens with zero attached hydrogens (tertiary/aromatic N) is 1. The molecule has 0 aliphatic heterocycles. The Bertz CT molecular complexity index is 866. The Morgan fingerprint density at radius 2 is 2.04 bits per heavy atom. The molecule has 0 unspecified atom stereocenters. The van der Waals surface area contributed by atoms with Crippen molar-refractivity contribution in [2.75, 3.05) is 17.6 Å². The zero-order valence-electron chi connectivity index (χ0n) is 14.4. The van der Waals surface area contributed by atoms with Gasteiger partial charge >= 0.3 is 0 Å². The third-order valence-corrected chi connectivity index (χ3v) is 3.88. The number of nitrogens with one attached hydrogen (secondary N) is 2. The molecule has 0 bridgehead atoms. The molecule has 134 valence electrons. The molecule has 0 aliphatic rings. The van der Waals surface area contributed by atoms with E-state index < -0.39 is 10.0 Å². The lowest BCUT2D eigenvalue weighted by molar-refractivity contribution is 0.0951. The minimum atomic E-state index is -3.49. The Labute approximate surface area is 147 Å². The van der Waals surface area contributed by atoms with Gasteiger partial charge in [-0.1, -0.05) is 17.7 Å². The first-order valence-corrected chi connectivity index (χ1v) is 9.62. The summed E-state index contributed by atoms with van der Waals surface area (Å²) in [6.07, 6.45) is 2.66. The number of anilines is 1. The maximum Gasteiger partial charge on any atom is 0.253 e. The molecular weight excluding hydrogens is 342 g/mol. The van der Waals surface area contributed by atoms with E-state index in [-0.39, 0.29) is 23.7 Å². The number of pyridine rings is 1. The van der Waals surface area contributed by atoms with E-state index in [0.717, 1.165) is 17.4 Å². The van der Waals surface area contributed by atoms with Gasteiger partial charge in [-0.15, -0.1) is 0 Å². The SMILES string of the molecule is CCOc1ncccc1CNC(=O)c1cc(C)ccc1NS(C)(=O)=O. The van der Waals surface area contributed by atoms with E-state index in [2.05, 4.69) is 15.0 Å². The Kier molecular flexibility index (Phi) is 5.97. The number of hydrogen-bond acceptors (Lipinski definition) is 5. The Balaban J connectivity index is 2.20. The second-order valence-electron chi connectivity index (χ2n) is 5.51. The van der Waals surface area contributed by atoms with Crippen LogP contribution in [-0.2, 0) is 16.6 Å². The molecule has 1 amide bonds. The van der Waals surface area contributed by atoms with Gasteiger partial charge in [0.2, 0.25) is 15.9 Å². The van der Waals surface area contributed by atoms with E-state index in [1.54, 1.807) is 30.5 Å². The molecule has 8 heteroatoms. The predicted octanol–water partition coefficient (Wildman–Crippen LogP) is 2.09. The van der Waals surface area contributed by atoms with Crippen LogP contribution in [0.1, 0.15) is 28.4 Å². The first kappa shape index (κ1) is 18.7. The van der Waals surface area contributed by atoms with Gasteiger partial charge in [0.15, 0.2) is 0 Å². The van der Waals surface area contributed by atoms with Crippen molar-refractivity contribution in [3.8, 4) is 5.88 Å². The first-order chi connectivity index (χ1) is 11.8. The number of carbonyl (C=O) groups is 1. The van der Waals surface area contributed by atoms with E-state index in [1.807, 2.05) is 19.9 Å². The van der Waals surface area contributed by atoms with E-state index in [4.69, 9.17) is 4.74 Å². The lowest BCUT2D eigenvalue weighted by atomic mass is 10.1. The second-order valence-corrected chi connectivity index (χ2v) is 7.26. The maximum atomic E-state index is 12.5. The van der Waals surface area contributed by atoms with Crippen LogP contribution in [0, 0.1) is 6.92 Å². The molecule has 0 saturated heterocycles.